The molecule has 0 aliphatic rings. The minimum absolute atomic E-state index is 1.37. The fraction of sp³-hybridized carbons (Fsp3) is 1.00. The molecule has 0 radical (unpaired) electrons. The third kappa shape index (κ3) is 23.6. The van der Waals surface area contributed by atoms with E-state index in [1.807, 2.05) is 0 Å². The summed E-state index contributed by atoms with van der Waals surface area (Å²) in [7, 11) is 0. The molecule has 0 aromatic rings. The summed E-state index contributed by atoms with van der Waals surface area (Å²) >= 11 is 4.68. The molecule has 0 N–H and O–H groups in total. The zero-order valence-electron chi connectivity index (χ0n) is 27.5. The molecule has 0 aromatic carbocycles. The number of hydrogen-bond acceptors (Lipinski definition) is 0. The monoisotopic (exact) mass is 618 g/mol. The van der Waals surface area contributed by atoms with Gasteiger partial charge in [-0.3, -0.25) is 0 Å². The van der Waals surface area contributed by atoms with Gasteiger partial charge in [-0.25, -0.2) is 0 Å². The molecular formula is C36H76BrP. The maximum absolute atomic E-state index is 4.68. The van der Waals surface area contributed by atoms with Gasteiger partial charge in [-0.15, -0.1) is 0 Å². The summed E-state index contributed by atoms with van der Waals surface area (Å²) in [5, 5.41) is -1.71. The standard InChI is InChI=1S/C36H76BrP/c1-5-9-13-15-17-19-21-23-25-27-29-31-35-38(37,33-11-7-3,34-12-8-4)36-32-30-28-26-24-22-20-18-16-14-10-6-2/h5-36H2,1-4H3. The summed E-state index contributed by atoms with van der Waals surface area (Å²) in [6, 6.07) is 0. The summed E-state index contributed by atoms with van der Waals surface area (Å²) < 4.78 is 0. The van der Waals surface area contributed by atoms with Crippen LogP contribution in [0.25, 0.3) is 0 Å². The zero-order chi connectivity index (χ0) is 28.1. The molecule has 0 aliphatic heterocycles. The Balaban J connectivity index is 4.25. The third-order valence-electron chi connectivity index (χ3n) is 9.28. The van der Waals surface area contributed by atoms with Crippen LogP contribution in [-0.2, 0) is 0 Å². The molecule has 0 nitrogen and oxygen atoms in total. The number of halogens is 1. The first-order valence-electron chi connectivity index (χ1n) is 18.3. The van der Waals surface area contributed by atoms with E-state index in [1.165, 1.54) is 192 Å². The van der Waals surface area contributed by atoms with Crippen LogP contribution in [0.5, 0.6) is 0 Å². The topological polar surface area (TPSA) is 0 Å². The van der Waals surface area contributed by atoms with E-state index in [4.69, 9.17) is 0 Å². The van der Waals surface area contributed by atoms with Gasteiger partial charge in [0.25, 0.3) is 0 Å². The first-order chi connectivity index (χ1) is 18.5. The van der Waals surface area contributed by atoms with Crippen LogP contribution in [-0.4, -0.2) is 24.6 Å². The van der Waals surface area contributed by atoms with Gasteiger partial charge in [-0.1, -0.05) is 26.7 Å². The van der Waals surface area contributed by atoms with Crippen LogP contribution in [0.15, 0.2) is 0 Å². The number of rotatable bonds is 32. The SMILES string of the molecule is CCCCCCCCCCCCCCP(Br)(CCCC)(CCCC)CCCCCCCCCCCCCC. The molecule has 0 aromatic heterocycles. The van der Waals surface area contributed by atoms with Gasteiger partial charge >= 0.3 is 226 Å². The Labute approximate surface area is 252 Å². The normalized spacial score (nSPS) is 13.1. The Kier molecular flexibility index (Phi) is 28.7. The van der Waals surface area contributed by atoms with Crippen molar-refractivity contribution in [3.05, 3.63) is 0 Å². The van der Waals surface area contributed by atoms with E-state index in [-0.39, 0.29) is 0 Å². The molecule has 0 atom stereocenters. The van der Waals surface area contributed by atoms with Crippen molar-refractivity contribution in [2.24, 2.45) is 0 Å². The summed E-state index contributed by atoms with van der Waals surface area (Å²) in [5.74, 6) is 0. The molecule has 0 fully saturated rings. The van der Waals surface area contributed by atoms with Crippen LogP contribution in [0.1, 0.15) is 207 Å². The van der Waals surface area contributed by atoms with Crippen LogP contribution < -0.4 is 0 Å². The van der Waals surface area contributed by atoms with Crippen molar-refractivity contribution >= 4 is 20.8 Å². The molecule has 232 valence electrons. The molecule has 0 spiro atoms. The van der Waals surface area contributed by atoms with Gasteiger partial charge in [-0.2, -0.15) is 0 Å². The molecule has 0 rings (SSSR count). The van der Waals surface area contributed by atoms with Gasteiger partial charge in [-0.05, 0) is 0 Å². The Morgan fingerprint density at radius 1 is 0.263 bits per heavy atom. The van der Waals surface area contributed by atoms with Crippen LogP contribution in [0.3, 0.4) is 0 Å². The van der Waals surface area contributed by atoms with E-state index < -0.39 is 5.31 Å². The van der Waals surface area contributed by atoms with Gasteiger partial charge < -0.3 is 0 Å². The Morgan fingerprint density at radius 3 is 0.684 bits per heavy atom. The fourth-order valence-corrected chi connectivity index (χ4v) is 15.1. The number of unbranched alkanes of at least 4 members (excludes halogenated alkanes) is 24. The van der Waals surface area contributed by atoms with Gasteiger partial charge in [0.15, 0.2) is 0 Å². The fourth-order valence-electron chi connectivity index (χ4n) is 6.47. The molecular weight excluding hydrogens is 543 g/mol. The van der Waals surface area contributed by atoms with Crippen LogP contribution in [0.2, 0.25) is 0 Å². The Bertz CT molecular complexity index is 422. The summed E-state index contributed by atoms with van der Waals surface area (Å²) in [6.07, 6.45) is 47.0. The second kappa shape index (κ2) is 28.0. The predicted octanol–water partition coefficient (Wildman–Crippen LogP) is 14.9. The van der Waals surface area contributed by atoms with Gasteiger partial charge in [0, 0.05) is 0 Å². The van der Waals surface area contributed by atoms with Crippen molar-refractivity contribution in [3.8, 4) is 0 Å². The van der Waals surface area contributed by atoms with Crippen molar-refractivity contribution in [1.29, 1.82) is 0 Å². The molecule has 0 aliphatic carbocycles. The van der Waals surface area contributed by atoms with Crippen molar-refractivity contribution in [3.63, 3.8) is 0 Å². The molecule has 0 heterocycles. The minimum Gasteiger partial charge on any atom is -0.0654 e. The van der Waals surface area contributed by atoms with E-state index in [0.717, 1.165) is 0 Å². The zero-order valence-corrected chi connectivity index (χ0v) is 29.9. The van der Waals surface area contributed by atoms with E-state index >= 15 is 0 Å². The van der Waals surface area contributed by atoms with Gasteiger partial charge in [0.05, 0.1) is 0 Å². The predicted molar refractivity (Wildman–Crippen MR) is 187 cm³/mol. The minimum atomic E-state index is -1.71. The molecule has 0 bridgehead atoms. The average molecular weight is 620 g/mol. The van der Waals surface area contributed by atoms with E-state index in [9.17, 15) is 0 Å². The van der Waals surface area contributed by atoms with Gasteiger partial charge in [0.2, 0.25) is 0 Å². The summed E-state index contributed by atoms with van der Waals surface area (Å²) in [5.41, 5.74) is 0. The van der Waals surface area contributed by atoms with E-state index in [2.05, 4.69) is 43.2 Å². The molecule has 38 heavy (non-hydrogen) atoms. The molecule has 0 saturated heterocycles. The first kappa shape index (κ1) is 38.9. The quantitative estimate of drug-likeness (QED) is 0.0519. The molecule has 2 heteroatoms. The average Bonchev–Trinajstić information content (AvgIpc) is 2.92. The van der Waals surface area contributed by atoms with Crippen molar-refractivity contribution in [1.82, 2.24) is 0 Å². The first-order valence-corrected chi connectivity index (χ1v) is 23.3. The van der Waals surface area contributed by atoms with Gasteiger partial charge in [0.1, 0.15) is 0 Å². The van der Waals surface area contributed by atoms with Crippen molar-refractivity contribution < 1.29 is 0 Å². The van der Waals surface area contributed by atoms with Crippen LogP contribution in [0.4, 0.5) is 0 Å². The van der Waals surface area contributed by atoms with Crippen molar-refractivity contribution in [2.45, 2.75) is 207 Å². The van der Waals surface area contributed by atoms with E-state index in [1.54, 1.807) is 12.3 Å². The van der Waals surface area contributed by atoms with Crippen LogP contribution in [0, 0.1) is 0 Å². The molecule has 0 saturated carbocycles. The van der Waals surface area contributed by atoms with E-state index in [0.29, 0.717) is 0 Å². The summed E-state index contributed by atoms with van der Waals surface area (Å²) in [6.45, 7) is 9.44. The summed E-state index contributed by atoms with van der Waals surface area (Å²) in [4.78, 5) is 0. The second-order valence-electron chi connectivity index (χ2n) is 13.2. The van der Waals surface area contributed by atoms with Crippen molar-refractivity contribution in [2.75, 3.05) is 24.6 Å². The molecule has 0 amide bonds. The third-order valence-corrected chi connectivity index (χ3v) is 19.3. The molecule has 0 unspecified atom stereocenters. The van der Waals surface area contributed by atoms with Crippen LogP contribution >= 0.6 is 20.8 Å². The Hall–Kier alpha value is 0.910. The number of hydrogen-bond donors (Lipinski definition) is 0. The second-order valence-corrected chi connectivity index (χ2v) is 24.6. The maximum atomic E-state index is 4.68. The Morgan fingerprint density at radius 2 is 0.447 bits per heavy atom. The smallest absolute Gasteiger partial charge is 0.0654 e.